The Labute approximate surface area is 130 Å². The van der Waals surface area contributed by atoms with Crippen LogP contribution in [-0.4, -0.2) is 11.0 Å². The van der Waals surface area contributed by atoms with Crippen LogP contribution in [0.25, 0.3) is 0 Å². The van der Waals surface area contributed by atoms with Gasteiger partial charge in [0, 0.05) is 28.3 Å². The van der Waals surface area contributed by atoms with Crippen LogP contribution in [0.4, 0.5) is 15.8 Å². The number of nitro groups is 1. The van der Waals surface area contributed by atoms with Crippen molar-refractivity contribution in [2.75, 3.05) is 5.32 Å². The van der Waals surface area contributed by atoms with Gasteiger partial charge in [0.25, 0.3) is 5.69 Å². The first-order valence-corrected chi connectivity index (χ1v) is 7.20. The molecule has 2 rings (SSSR count). The Bertz CT molecular complexity index is 647. The highest BCUT2D eigenvalue weighted by Crippen LogP contribution is 2.27. The van der Waals surface area contributed by atoms with E-state index in [-0.39, 0.29) is 17.5 Å². The highest BCUT2D eigenvalue weighted by molar-refractivity contribution is 9.10. The molecule has 110 valence electrons. The molecule has 2 aromatic carbocycles. The molecular weight excluding hydrogens is 339 g/mol. The molecule has 0 aliphatic rings. The molecule has 0 heterocycles. The van der Waals surface area contributed by atoms with Crippen LogP contribution >= 0.6 is 15.9 Å². The van der Waals surface area contributed by atoms with E-state index in [9.17, 15) is 14.5 Å². The topological polar surface area (TPSA) is 55.2 Å². The minimum absolute atomic E-state index is 0.0404. The molecule has 1 N–H and O–H groups in total. The van der Waals surface area contributed by atoms with E-state index in [1.165, 1.54) is 24.3 Å². The fourth-order valence-corrected chi connectivity index (χ4v) is 2.51. The Balaban J connectivity index is 2.04. The van der Waals surface area contributed by atoms with Crippen molar-refractivity contribution >= 4 is 27.3 Å². The summed E-state index contributed by atoms with van der Waals surface area (Å²) in [5.41, 5.74) is 1.85. The molecule has 0 aliphatic heterocycles. The van der Waals surface area contributed by atoms with E-state index in [1.807, 2.05) is 6.92 Å². The van der Waals surface area contributed by atoms with Crippen molar-refractivity contribution in [3.8, 4) is 0 Å². The molecule has 0 amide bonds. The predicted octanol–water partition coefficient (Wildman–Crippen LogP) is 4.54. The van der Waals surface area contributed by atoms with Gasteiger partial charge in [-0.05, 0) is 53.0 Å². The van der Waals surface area contributed by atoms with Gasteiger partial charge in [-0.3, -0.25) is 10.1 Å². The molecule has 1 unspecified atom stereocenters. The average Bonchev–Trinajstić information content (AvgIpc) is 2.43. The average molecular weight is 353 g/mol. The van der Waals surface area contributed by atoms with Gasteiger partial charge < -0.3 is 5.32 Å². The molecule has 2 aromatic rings. The maximum atomic E-state index is 12.9. The van der Waals surface area contributed by atoms with Crippen LogP contribution in [0.1, 0.15) is 12.5 Å². The second-order valence-corrected chi connectivity index (χ2v) is 5.65. The van der Waals surface area contributed by atoms with E-state index in [0.717, 1.165) is 17.7 Å². The number of halogens is 2. The van der Waals surface area contributed by atoms with Crippen LogP contribution in [0.5, 0.6) is 0 Å². The molecule has 1 atom stereocenters. The highest BCUT2D eigenvalue weighted by Gasteiger charge is 2.11. The Morgan fingerprint density at radius 1 is 1.29 bits per heavy atom. The summed E-state index contributed by atoms with van der Waals surface area (Å²) in [7, 11) is 0. The van der Waals surface area contributed by atoms with Crippen molar-refractivity contribution in [2.24, 2.45) is 0 Å². The Hall–Kier alpha value is -1.95. The van der Waals surface area contributed by atoms with Gasteiger partial charge in [-0.15, -0.1) is 0 Å². The fraction of sp³-hybridized carbons (Fsp3) is 0.200. The van der Waals surface area contributed by atoms with Crippen molar-refractivity contribution in [3.63, 3.8) is 0 Å². The number of hydrogen-bond acceptors (Lipinski definition) is 3. The molecule has 0 spiro atoms. The highest BCUT2D eigenvalue weighted by atomic mass is 79.9. The van der Waals surface area contributed by atoms with Gasteiger partial charge in [0.05, 0.1) is 4.92 Å². The van der Waals surface area contributed by atoms with E-state index >= 15 is 0 Å². The lowest BCUT2D eigenvalue weighted by molar-refractivity contribution is -0.384. The van der Waals surface area contributed by atoms with Gasteiger partial charge in [0.15, 0.2) is 0 Å². The SMILES string of the molecule is CC(Cc1ccc(F)cc1)Nc1ccc([N+](=O)[O-])cc1Br. The summed E-state index contributed by atoms with van der Waals surface area (Å²) in [5.74, 6) is -0.252. The standard InChI is InChI=1S/C15H14BrFN2O2/c1-10(8-11-2-4-12(17)5-3-11)18-15-7-6-13(19(20)21)9-14(15)16/h2-7,9-10,18H,8H2,1H3. The molecule has 0 fully saturated rings. The van der Waals surface area contributed by atoms with E-state index in [2.05, 4.69) is 21.2 Å². The normalized spacial score (nSPS) is 12.0. The van der Waals surface area contributed by atoms with E-state index in [1.54, 1.807) is 18.2 Å². The summed E-state index contributed by atoms with van der Waals surface area (Å²) in [5, 5.41) is 14.0. The van der Waals surface area contributed by atoms with Crippen LogP contribution in [-0.2, 0) is 6.42 Å². The zero-order valence-electron chi connectivity index (χ0n) is 11.3. The quantitative estimate of drug-likeness (QED) is 0.634. The lowest BCUT2D eigenvalue weighted by Crippen LogP contribution is -2.18. The largest absolute Gasteiger partial charge is 0.381 e. The maximum Gasteiger partial charge on any atom is 0.270 e. The fourth-order valence-electron chi connectivity index (χ4n) is 2.03. The smallest absolute Gasteiger partial charge is 0.270 e. The lowest BCUT2D eigenvalue weighted by Gasteiger charge is -2.16. The van der Waals surface area contributed by atoms with E-state index < -0.39 is 4.92 Å². The first-order chi connectivity index (χ1) is 9.95. The van der Waals surface area contributed by atoms with Crippen LogP contribution in [0.2, 0.25) is 0 Å². The van der Waals surface area contributed by atoms with Crippen LogP contribution in [0.3, 0.4) is 0 Å². The first-order valence-electron chi connectivity index (χ1n) is 6.40. The minimum Gasteiger partial charge on any atom is -0.381 e. The molecule has 4 nitrogen and oxygen atoms in total. The maximum absolute atomic E-state index is 12.9. The van der Waals surface area contributed by atoms with Gasteiger partial charge in [0.2, 0.25) is 0 Å². The third kappa shape index (κ3) is 4.26. The molecule has 0 radical (unpaired) electrons. The van der Waals surface area contributed by atoms with E-state index in [4.69, 9.17) is 0 Å². The zero-order valence-corrected chi connectivity index (χ0v) is 12.9. The van der Waals surface area contributed by atoms with Crippen LogP contribution < -0.4 is 5.32 Å². The molecule has 21 heavy (non-hydrogen) atoms. The molecule has 6 heteroatoms. The monoisotopic (exact) mass is 352 g/mol. The number of nitrogens with zero attached hydrogens (tertiary/aromatic N) is 1. The number of hydrogen-bond donors (Lipinski definition) is 1. The van der Waals surface area contributed by atoms with Crippen molar-refractivity contribution in [2.45, 2.75) is 19.4 Å². The predicted molar refractivity (Wildman–Crippen MR) is 84.0 cm³/mol. The van der Waals surface area contributed by atoms with Gasteiger partial charge in [-0.1, -0.05) is 12.1 Å². The third-order valence-corrected chi connectivity index (χ3v) is 3.68. The molecule has 0 saturated heterocycles. The third-order valence-electron chi connectivity index (χ3n) is 3.02. The Kier molecular flexibility index (Phi) is 4.90. The Morgan fingerprint density at radius 2 is 1.95 bits per heavy atom. The molecule has 0 saturated carbocycles. The zero-order chi connectivity index (χ0) is 15.4. The summed E-state index contributed by atoms with van der Waals surface area (Å²) in [6.45, 7) is 2.00. The van der Waals surface area contributed by atoms with Crippen LogP contribution in [0, 0.1) is 15.9 Å². The number of rotatable bonds is 5. The minimum atomic E-state index is -0.434. The van der Waals surface area contributed by atoms with Gasteiger partial charge in [0.1, 0.15) is 5.82 Å². The van der Waals surface area contributed by atoms with Crippen molar-refractivity contribution < 1.29 is 9.31 Å². The Morgan fingerprint density at radius 3 is 2.52 bits per heavy atom. The first kappa shape index (κ1) is 15.4. The van der Waals surface area contributed by atoms with E-state index in [0.29, 0.717) is 4.47 Å². The van der Waals surface area contributed by atoms with Crippen molar-refractivity contribution in [1.82, 2.24) is 0 Å². The second-order valence-electron chi connectivity index (χ2n) is 4.80. The molecule has 0 aromatic heterocycles. The van der Waals surface area contributed by atoms with Crippen molar-refractivity contribution in [1.29, 1.82) is 0 Å². The summed E-state index contributed by atoms with van der Waals surface area (Å²) in [6.07, 6.45) is 0.726. The van der Waals surface area contributed by atoms with Crippen LogP contribution in [0.15, 0.2) is 46.9 Å². The van der Waals surface area contributed by atoms with Gasteiger partial charge >= 0.3 is 0 Å². The number of nitrogens with one attached hydrogen (secondary N) is 1. The number of nitro benzene ring substituents is 1. The summed E-state index contributed by atoms with van der Waals surface area (Å²) < 4.78 is 13.5. The summed E-state index contributed by atoms with van der Waals surface area (Å²) >= 11 is 3.32. The second kappa shape index (κ2) is 6.67. The molecule has 0 bridgehead atoms. The van der Waals surface area contributed by atoms with Gasteiger partial charge in [-0.25, -0.2) is 4.39 Å². The summed E-state index contributed by atoms with van der Waals surface area (Å²) in [6, 6.07) is 11.1. The number of anilines is 1. The van der Waals surface area contributed by atoms with Crippen molar-refractivity contribution in [3.05, 3.63) is 68.4 Å². The lowest BCUT2D eigenvalue weighted by atomic mass is 10.1. The number of benzene rings is 2. The summed E-state index contributed by atoms with van der Waals surface area (Å²) in [4.78, 5) is 10.3. The number of non-ortho nitro benzene ring substituents is 1. The molecule has 0 aliphatic carbocycles. The van der Waals surface area contributed by atoms with Gasteiger partial charge in [-0.2, -0.15) is 0 Å². The molecular formula is C15H14BrFN2O2.